The summed E-state index contributed by atoms with van der Waals surface area (Å²) < 4.78 is 33.3. The highest BCUT2D eigenvalue weighted by molar-refractivity contribution is 5.93. The summed E-state index contributed by atoms with van der Waals surface area (Å²) in [7, 11) is 1.61. The van der Waals surface area contributed by atoms with Crippen molar-refractivity contribution in [2.24, 2.45) is 0 Å². The zero-order valence-corrected chi connectivity index (χ0v) is 19.3. The van der Waals surface area contributed by atoms with Gasteiger partial charge < -0.3 is 15.2 Å². The highest BCUT2D eigenvalue weighted by Gasteiger charge is 2.20. The molecule has 2 heterocycles. The van der Waals surface area contributed by atoms with Crippen LogP contribution in [0.4, 0.5) is 14.7 Å². The molecule has 0 spiro atoms. The highest BCUT2D eigenvalue weighted by atomic mass is 19.1. The van der Waals surface area contributed by atoms with Gasteiger partial charge in [0.05, 0.1) is 29.5 Å². The van der Waals surface area contributed by atoms with Crippen molar-refractivity contribution in [3.8, 4) is 0 Å². The molecule has 2 aromatic rings. The molecule has 2 aliphatic carbocycles. The third-order valence-electron chi connectivity index (χ3n) is 5.53. The van der Waals surface area contributed by atoms with E-state index in [9.17, 15) is 13.9 Å². The smallest absolute Gasteiger partial charge is 0.229 e. The largest absolute Gasteiger partial charge is 0.496 e. The molecule has 0 amide bonds. The average molecular weight is 468 g/mol. The molecule has 0 aromatic carbocycles. The third-order valence-corrected chi connectivity index (χ3v) is 5.53. The fourth-order valence-electron chi connectivity index (χ4n) is 3.67. The maximum absolute atomic E-state index is 14.3. The minimum atomic E-state index is -0.764. The van der Waals surface area contributed by atoms with Gasteiger partial charge in [-0.3, -0.25) is 5.10 Å². The third kappa shape index (κ3) is 5.48. The number of halogens is 2. The zero-order valence-electron chi connectivity index (χ0n) is 19.3. The van der Waals surface area contributed by atoms with Crippen molar-refractivity contribution in [2.45, 2.75) is 45.1 Å². The lowest BCUT2D eigenvalue weighted by Crippen LogP contribution is -2.18. The number of methoxy groups -OCH3 is 1. The predicted octanol–water partition coefficient (Wildman–Crippen LogP) is 5.55. The van der Waals surface area contributed by atoms with E-state index in [0.717, 1.165) is 17.2 Å². The summed E-state index contributed by atoms with van der Waals surface area (Å²) in [6, 6.07) is 0. The van der Waals surface area contributed by atoms with Gasteiger partial charge in [-0.05, 0) is 63.5 Å². The van der Waals surface area contributed by atoms with Gasteiger partial charge >= 0.3 is 0 Å². The van der Waals surface area contributed by atoms with Crippen LogP contribution in [0.25, 0.3) is 16.6 Å². The second-order valence-electron chi connectivity index (χ2n) is 8.76. The Hall–Kier alpha value is -3.59. The Balaban J connectivity index is 1.64. The number of nitrogens with one attached hydrogen (secondary N) is 2. The van der Waals surface area contributed by atoms with Crippen LogP contribution in [0.3, 0.4) is 0 Å². The van der Waals surface area contributed by atoms with Crippen molar-refractivity contribution in [3.05, 3.63) is 77.0 Å². The second-order valence-corrected chi connectivity index (χ2v) is 8.76. The summed E-state index contributed by atoms with van der Waals surface area (Å²) >= 11 is 0. The first-order chi connectivity index (χ1) is 16.2. The SMILES string of the molecule is COC1=CCC=C(CCC(C)(C)O)C=C1c1[nH]nc2nc(NC3=C(F)CC=C(F)C=C3)ncc12. The second kappa shape index (κ2) is 9.72. The monoisotopic (exact) mass is 467 g/mol. The maximum atomic E-state index is 14.3. The van der Waals surface area contributed by atoms with Gasteiger partial charge in [0.25, 0.3) is 0 Å². The number of aromatic nitrogens is 4. The van der Waals surface area contributed by atoms with Crippen molar-refractivity contribution in [1.82, 2.24) is 20.2 Å². The van der Waals surface area contributed by atoms with Crippen LogP contribution < -0.4 is 5.32 Å². The Morgan fingerprint density at radius 1 is 1.21 bits per heavy atom. The molecule has 0 fully saturated rings. The lowest BCUT2D eigenvalue weighted by Gasteiger charge is -2.17. The fourth-order valence-corrected chi connectivity index (χ4v) is 3.67. The van der Waals surface area contributed by atoms with Gasteiger partial charge in [-0.15, -0.1) is 0 Å². The molecule has 2 aromatic heterocycles. The highest BCUT2D eigenvalue weighted by Crippen LogP contribution is 2.33. The van der Waals surface area contributed by atoms with Crippen LogP contribution in [0, 0.1) is 0 Å². The van der Waals surface area contributed by atoms with Gasteiger partial charge in [-0.2, -0.15) is 10.1 Å². The molecule has 0 atom stereocenters. The van der Waals surface area contributed by atoms with E-state index in [1.807, 2.05) is 12.2 Å². The zero-order chi connectivity index (χ0) is 24.3. The molecule has 0 radical (unpaired) electrons. The van der Waals surface area contributed by atoms with Crippen LogP contribution >= 0.6 is 0 Å². The van der Waals surface area contributed by atoms with Gasteiger partial charge in [0.1, 0.15) is 17.4 Å². The number of aromatic amines is 1. The number of anilines is 1. The van der Waals surface area contributed by atoms with Crippen molar-refractivity contribution in [1.29, 1.82) is 0 Å². The molecular formula is C25H27F2N5O2. The van der Waals surface area contributed by atoms with Gasteiger partial charge in [0, 0.05) is 18.2 Å². The van der Waals surface area contributed by atoms with Crippen molar-refractivity contribution in [2.75, 3.05) is 12.4 Å². The van der Waals surface area contributed by atoms with Crippen LogP contribution in [0.5, 0.6) is 0 Å². The molecule has 7 nitrogen and oxygen atoms in total. The van der Waals surface area contributed by atoms with Gasteiger partial charge in [-0.1, -0.05) is 11.6 Å². The van der Waals surface area contributed by atoms with Crippen molar-refractivity contribution < 1.29 is 18.6 Å². The quantitative estimate of drug-likeness (QED) is 0.494. The molecule has 3 N–H and O–H groups in total. The fraction of sp³-hybridized carbons (Fsp3) is 0.320. The number of ether oxygens (including phenoxy) is 1. The maximum Gasteiger partial charge on any atom is 0.229 e. The molecular weight excluding hydrogens is 440 g/mol. The molecule has 0 aliphatic heterocycles. The first kappa shape index (κ1) is 23.6. The summed E-state index contributed by atoms with van der Waals surface area (Å²) in [4.78, 5) is 8.70. The Morgan fingerprint density at radius 3 is 2.79 bits per heavy atom. The van der Waals surface area contributed by atoms with E-state index in [2.05, 4.69) is 31.6 Å². The average Bonchev–Trinajstić information content (AvgIpc) is 3.00. The number of nitrogens with zero attached hydrogens (tertiary/aromatic N) is 3. The number of H-pyrrole nitrogens is 1. The first-order valence-electron chi connectivity index (χ1n) is 11.0. The molecule has 4 rings (SSSR count). The standard InChI is InChI=1S/C25H27F2N5O2/c1-25(2,33)12-11-15-5-4-6-21(34-3)17(13-15)22-18-14-28-24(30-23(18)32-31-22)29-20-10-8-16(26)7-9-19(20)27/h5-8,10,13-14,33H,4,9,11-12H2,1-3H3,(H2,28,29,30,31,32). The minimum absolute atomic E-state index is 0.0941. The lowest BCUT2D eigenvalue weighted by molar-refractivity contribution is 0.0716. The number of rotatable bonds is 7. The summed E-state index contributed by atoms with van der Waals surface area (Å²) in [6.45, 7) is 3.58. The molecule has 0 bridgehead atoms. The van der Waals surface area contributed by atoms with Crippen molar-refractivity contribution in [3.63, 3.8) is 0 Å². The Labute approximate surface area is 196 Å². The molecule has 34 heavy (non-hydrogen) atoms. The van der Waals surface area contributed by atoms with E-state index in [-0.39, 0.29) is 18.1 Å². The summed E-state index contributed by atoms with van der Waals surface area (Å²) in [6.07, 6.45) is 13.2. The van der Waals surface area contributed by atoms with E-state index in [1.165, 1.54) is 12.2 Å². The Kier molecular flexibility index (Phi) is 6.74. The lowest BCUT2D eigenvalue weighted by atomic mass is 9.97. The predicted molar refractivity (Wildman–Crippen MR) is 128 cm³/mol. The van der Waals surface area contributed by atoms with Gasteiger partial charge in [-0.25, -0.2) is 13.8 Å². The van der Waals surface area contributed by atoms with E-state index < -0.39 is 17.3 Å². The van der Waals surface area contributed by atoms with E-state index in [0.29, 0.717) is 41.7 Å². The molecule has 0 saturated carbocycles. The van der Waals surface area contributed by atoms with Crippen LogP contribution in [0.15, 0.2) is 71.3 Å². The molecule has 9 heteroatoms. The van der Waals surface area contributed by atoms with Gasteiger partial charge in [0.15, 0.2) is 5.65 Å². The molecule has 2 aliphatic rings. The minimum Gasteiger partial charge on any atom is -0.496 e. The molecule has 178 valence electrons. The number of allylic oxidation sites excluding steroid dienone is 10. The summed E-state index contributed by atoms with van der Waals surface area (Å²) in [5, 5.41) is 20.9. The number of hydrogen-bond acceptors (Lipinski definition) is 6. The topological polar surface area (TPSA) is 96.0 Å². The van der Waals surface area contributed by atoms with Crippen LogP contribution in [-0.2, 0) is 4.74 Å². The van der Waals surface area contributed by atoms with Crippen LogP contribution in [0.1, 0.15) is 45.2 Å². The normalized spacial score (nSPS) is 17.0. The summed E-state index contributed by atoms with van der Waals surface area (Å²) in [5.41, 5.74) is 2.29. The van der Waals surface area contributed by atoms with E-state index in [4.69, 9.17) is 4.74 Å². The summed E-state index contributed by atoms with van der Waals surface area (Å²) in [5.74, 6) is -0.188. The van der Waals surface area contributed by atoms with E-state index in [1.54, 1.807) is 27.2 Å². The molecule has 0 unspecified atom stereocenters. The Morgan fingerprint density at radius 2 is 2.03 bits per heavy atom. The number of hydrogen-bond donors (Lipinski definition) is 3. The Bertz CT molecular complexity index is 1280. The molecule has 0 saturated heterocycles. The van der Waals surface area contributed by atoms with E-state index >= 15 is 0 Å². The van der Waals surface area contributed by atoms with Crippen LogP contribution in [-0.4, -0.2) is 38.0 Å². The number of fused-ring (bicyclic) bond motifs is 1. The van der Waals surface area contributed by atoms with Crippen molar-refractivity contribution >= 4 is 22.6 Å². The first-order valence-corrected chi connectivity index (χ1v) is 11.0. The van der Waals surface area contributed by atoms with Gasteiger partial charge in [0.2, 0.25) is 5.95 Å². The number of aliphatic hydroxyl groups is 1. The van der Waals surface area contributed by atoms with Crippen LogP contribution in [0.2, 0.25) is 0 Å².